The van der Waals surface area contributed by atoms with Crippen LogP contribution in [0.2, 0.25) is 5.02 Å². The number of aryl methyl sites for hydroxylation is 2. The second kappa shape index (κ2) is 7.90. The maximum atomic E-state index is 12.6. The molecule has 0 spiro atoms. The largest absolute Gasteiger partial charge is 0.481 e. The first kappa shape index (κ1) is 21.2. The van der Waals surface area contributed by atoms with Gasteiger partial charge >= 0.3 is 5.97 Å². The van der Waals surface area contributed by atoms with Gasteiger partial charge in [0.05, 0.1) is 16.7 Å². The molecule has 30 heavy (non-hydrogen) atoms. The van der Waals surface area contributed by atoms with E-state index < -0.39 is 15.8 Å². The molecule has 0 bridgehead atoms. The number of fused-ring (bicyclic) bond motifs is 3. The van der Waals surface area contributed by atoms with Gasteiger partial charge in [0.1, 0.15) is 5.65 Å². The molecule has 1 aliphatic rings. The van der Waals surface area contributed by atoms with E-state index in [1.165, 1.54) is 30.3 Å². The minimum atomic E-state index is -3.50. The summed E-state index contributed by atoms with van der Waals surface area (Å²) in [4.78, 5) is 17.9. The number of hydrogen-bond donors (Lipinski definition) is 1. The van der Waals surface area contributed by atoms with E-state index in [4.69, 9.17) is 11.6 Å². The van der Waals surface area contributed by atoms with Gasteiger partial charge in [0.15, 0.2) is 9.84 Å². The summed E-state index contributed by atoms with van der Waals surface area (Å²) < 4.78 is 27.1. The summed E-state index contributed by atoms with van der Waals surface area (Å²) in [6, 6.07) is 7.18. The number of nitrogens with zero attached hydrogens (tertiary/aromatic N) is 2. The standard InChI is InChI=1S/C21H21ClN2O4S2/c1-12-10-14(5-6-15(12)22)29-20-18-16(30(2,27)28)7-8-23-21(18)24-9-3-4-13(19(20)24)11-17(25)26/h5-8,10,13H,3-4,9,11H2,1-2H3,(H,25,26). The Balaban J connectivity index is 2.02. The number of aliphatic carboxylic acids is 1. The Labute approximate surface area is 184 Å². The number of pyridine rings is 1. The van der Waals surface area contributed by atoms with Crippen LogP contribution in [0.25, 0.3) is 11.0 Å². The van der Waals surface area contributed by atoms with Crippen molar-refractivity contribution in [1.82, 2.24) is 9.55 Å². The van der Waals surface area contributed by atoms with Crippen molar-refractivity contribution in [3.8, 4) is 0 Å². The molecule has 0 fully saturated rings. The van der Waals surface area contributed by atoms with Gasteiger partial charge in [-0.05, 0) is 49.6 Å². The van der Waals surface area contributed by atoms with Crippen LogP contribution in [0.4, 0.5) is 0 Å². The molecule has 3 heterocycles. The molecule has 1 unspecified atom stereocenters. The SMILES string of the molecule is Cc1cc(Sc2c3n(c4nccc(S(C)(=O)=O)c24)CCCC3CC(=O)O)ccc1Cl. The molecule has 1 atom stereocenters. The van der Waals surface area contributed by atoms with Crippen LogP contribution in [0.1, 0.15) is 36.4 Å². The van der Waals surface area contributed by atoms with Crippen LogP contribution in [-0.4, -0.2) is 35.3 Å². The first-order valence-electron chi connectivity index (χ1n) is 9.53. The summed E-state index contributed by atoms with van der Waals surface area (Å²) in [6.07, 6.45) is 4.26. The molecule has 6 nitrogen and oxygen atoms in total. The van der Waals surface area contributed by atoms with Gasteiger partial charge in [-0.15, -0.1) is 0 Å². The van der Waals surface area contributed by atoms with Crippen molar-refractivity contribution in [2.75, 3.05) is 6.26 Å². The molecule has 4 rings (SSSR count). The Kier molecular flexibility index (Phi) is 5.59. The maximum Gasteiger partial charge on any atom is 0.304 e. The van der Waals surface area contributed by atoms with Crippen molar-refractivity contribution < 1.29 is 18.3 Å². The van der Waals surface area contributed by atoms with Crippen LogP contribution >= 0.6 is 23.4 Å². The maximum absolute atomic E-state index is 12.6. The number of sulfone groups is 1. The third-order valence-electron chi connectivity index (χ3n) is 5.39. The van der Waals surface area contributed by atoms with Gasteiger partial charge in [0.2, 0.25) is 0 Å². The van der Waals surface area contributed by atoms with E-state index in [1.54, 1.807) is 0 Å². The van der Waals surface area contributed by atoms with Gasteiger partial charge in [-0.2, -0.15) is 0 Å². The van der Waals surface area contributed by atoms with Crippen molar-refractivity contribution in [2.24, 2.45) is 0 Å². The lowest BCUT2D eigenvalue weighted by Gasteiger charge is -2.25. The smallest absolute Gasteiger partial charge is 0.304 e. The number of benzene rings is 1. The van der Waals surface area contributed by atoms with Crippen molar-refractivity contribution in [3.05, 3.63) is 46.7 Å². The molecule has 1 aromatic carbocycles. The Morgan fingerprint density at radius 3 is 2.80 bits per heavy atom. The van der Waals surface area contributed by atoms with Crippen molar-refractivity contribution in [3.63, 3.8) is 0 Å². The highest BCUT2D eigenvalue weighted by Crippen LogP contribution is 2.47. The average molecular weight is 465 g/mol. The van der Waals surface area contributed by atoms with E-state index >= 15 is 0 Å². The summed E-state index contributed by atoms with van der Waals surface area (Å²) in [6.45, 7) is 2.60. The zero-order valence-corrected chi connectivity index (χ0v) is 18.9. The average Bonchev–Trinajstić information content (AvgIpc) is 2.98. The summed E-state index contributed by atoms with van der Waals surface area (Å²) >= 11 is 7.62. The van der Waals surface area contributed by atoms with Gasteiger partial charge in [0, 0.05) is 45.4 Å². The second-order valence-electron chi connectivity index (χ2n) is 7.60. The highest BCUT2D eigenvalue weighted by atomic mass is 35.5. The summed E-state index contributed by atoms with van der Waals surface area (Å²) in [7, 11) is -3.50. The molecule has 0 radical (unpaired) electrons. The normalized spacial score (nSPS) is 16.6. The zero-order chi connectivity index (χ0) is 21.6. The molecule has 0 saturated heterocycles. The number of hydrogen-bond acceptors (Lipinski definition) is 5. The Morgan fingerprint density at radius 1 is 1.37 bits per heavy atom. The monoisotopic (exact) mass is 464 g/mol. The van der Waals surface area contributed by atoms with Crippen LogP contribution < -0.4 is 0 Å². The van der Waals surface area contributed by atoms with Gasteiger partial charge < -0.3 is 9.67 Å². The molecule has 0 aliphatic carbocycles. The summed E-state index contributed by atoms with van der Waals surface area (Å²) in [5, 5.41) is 10.7. The molecule has 3 aromatic rings. The molecule has 2 aromatic heterocycles. The fourth-order valence-electron chi connectivity index (χ4n) is 4.10. The van der Waals surface area contributed by atoms with E-state index in [0.717, 1.165) is 33.9 Å². The Morgan fingerprint density at radius 2 is 2.13 bits per heavy atom. The van der Waals surface area contributed by atoms with Gasteiger partial charge in [-0.3, -0.25) is 4.79 Å². The molecule has 9 heteroatoms. The number of carbonyl (C=O) groups is 1. The Bertz CT molecular complexity index is 1270. The lowest BCUT2D eigenvalue weighted by Crippen LogP contribution is -2.18. The number of rotatable bonds is 5. The lowest BCUT2D eigenvalue weighted by molar-refractivity contribution is -0.137. The highest BCUT2D eigenvalue weighted by molar-refractivity contribution is 7.99. The lowest BCUT2D eigenvalue weighted by atomic mass is 9.93. The van der Waals surface area contributed by atoms with Crippen molar-refractivity contribution in [2.45, 2.75) is 53.3 Å². The van der Waals surface area contributed by atoms with E-state index in [0.29, 0.717) is 22.6 Å². The number of aromatic nitrogens is 2. The molecule has 1 aliphatic heterocycles. The summed E-state index contributed by atoms with van der Waals surface area (Å²) in [5.74, 6) is -1.07. The van der Waals surface area contributed by atoms with Crippen molar-refractivity contribution in [1.29, 1.82) is 0 Å². The number of carboxylic acids is 1. The topological polar surface area (TPSA) is 89.3 Å². The van der Waals surface area contributed by atoms with Crippen molar-refractivity contribution >= 4 is 50.2 Å². The molecule has 0 amide bonds. The second-order valence-corrected chi connectivity index (χ2v) is 11.1. The first-order valence-corrected chi connectivity index (χ1v) is 12.6. The third-order valence-corrected chi connectivity index (χ3v) is 8.06. The van der Waals surface area contributed by atoms with Crippen LogP contribution in [0, 0.1) is 6.92 Å². The first-order chi connectivity index (χ1) is 14.2. The van der Waals surface area contributed by atoms with Crippen LogP contribution in [0.3, 0.4) is 0 Å². The number of carboxylic acid groups (broad SMARTS) is 1. The quantitative estimate of drug-likeness (QED) is 0.577. The predicted molar refractivity (Wildman–Crippen MR) is 117 cm³/mol. The van der Waals surface area contributed by atoms with Gasteiger partial charge in [-0.25, -0.2) is 13.4 Å². The fraction of sp³-hybridized carbons (Fsp3) is 0.333. The molecular weight excluding hydrogens is 444 g/mol. The molecule has 158 valence electrons. The van der Waals surface area contributed by atoms with E-state index in [9.17, 15) is 18.3 Å². The van der Waals surface area contributed by atoms with Crippen LogP contribution in [0.15, 0.2) is 45.1 Å². The van der Waals surface area contributed by atoms with Gasteiger partial charge in [-0.1, -0.05) is 23.4 Å². The van der Waals surface area contributed by atoms with Gasteiger partial charge in [0.25, 0.3) is 0 Å². The third kappa shape index (κ3) is 3.84. The van der Waals surface area contributed by atoms with Crippen LogP contribution in [-0.2, 0) is 21.2 Å². The van der Waals surface area contributed by atoms with E-state index in [1.807, 2.05) is 29.7 Å². The predicted octanol–water partition coefficient (Wildman–Crippen LogP) is 4.90. The molecular formula is C21H21ClN2O4S2. The van der Waals surface area contributed by atoms with Crippen LogP contribution in [0.5, 0.6) is 0 Å². The number of halogens is 1. The fourth-order valence-corrected chi connectivity index (χ4v) is 6.45. The Hall–Kier alpha value is -2.03. The van der Waals surface area contributed by atoms with E-state index in [-0.39, 0.29) is 17.2 Å². The zero-order valence-electron chi connectivity index (χ0n) is 16.6. The van der Waals surface area contributed by atoms with E-state index in [2.05, 4.69) is 4.98 Å². The minimum Gasteiger partial charge on any atom is -0.481 e. The highest BCUT2D eigenvalue weighted by Gasteiger charge is 2.32. The minimum absolute atomic E-state index is 0.00225. The summed E-state index contributed by atoms with van der Waals surface area (Å²) in [5.41, 5.74) is 2.37. The molecule has 0 saturated carbocycles. The molecule has 1 N–H and O–H groups in total.